The second kappa shape index (κ2) is 7.63. The molecular weight excluding hydrogens is 270 g/mol. The molecular formula is C12H15NOS3. The fourth-order valence-electron chi connectivity index (χ4n) is 1.07. The molecule has 0 fully saturated rings. The van der Waals surface area contributed by atoms with Crippen LogP contribution in [0.1, 0.15) is 13.8 Å². The summed E-state index contributed by atoms with van der Waals surface area (Å²) < 4.78 is 5.90. The molecule has 92 valence electrons. The third-order valence-electron chi connectivity index (χ3n) is 1.71. The summed E-state index contributed by atoms with van der Waals surface area (Å²) in [5.41, 5.74) is 0.994. The maximum absolute atomic E-state index is 5.36. The van der Waals surface area contributed by atoms with E-state index >= 15 is 0 Å². The Morgan fingerprint density at radius 1 is 1.29 bits per heavy atom. The Bertz CT molecular complexity index is 379. The summed E-state index contributed by atoms with van der Waals surface area (Å²) in [5, 5.41) is 3.15. The Kier molecular flexibility index (Phi) is 6.47. The molecule has 1 N–H and O–H groups in total. The summed E-state index contributed by atoms with van der Waals surface area (Å²) in [6, 6.07) is 9.84. The molecule has 0 aliphatic rings. The number of ether oxygens (including phenoxy) is 1. The van der Waals surface area contributed by atoms with Crippen LogP contribution in [0.5, 0.6) is 0 Å². The van der Waals surface area contributed by atoms with E-state index in [2.05, 4.69) is 5.32 Å². The maximum atomic E-state index is 5.36. The van der Waals surface area contributed by atoms with Crippen LogP contribution in [0.15, 0.2) is 30.3 Å². The topological polar surface area (TPSA) is 21.3 Å². The summed E-state index contributed by atoms with van der Waals surface area (Å²) in [7, 11) is 0. The van der Waals surface area contributed by atoms with E-state index in [4.69, 9.17) is 29.2 Å². The summed E-state index contributed by atoms with van der Waals surface area (Å²) in [6.07, 6.45) is 0.116. The normalized spacial score (nSPS) is 10.1. The molecule has 1 aromatic rings. The minimum Gasteiger partial charge on any atom is -0.476 e. The predicted octanol–water partition coefficient (Wildman–Crippen LogP) is 3.87. The highest BCUT2D eigenvalue weighted by atomic mass is 32.2. The quantitative estimate of drug-likeness (QED) is 0.845. The highest BCUT2D eigenvalue weighted by Crippen LogP contribution is 2.11. The van der Waals surface area contributed by atoms with E-state index in [-0.39, 0.29) is 6.10 Å². The molecule has 0 heterocycles. The first kappa shape index (κ1) is 14.4. The van der Waals surface area contributed by atoms with E-state index in [0.29, 0.717) is 10.1 Å². The van der Waals surface area contributed by atoms with Crippen molar-refractivity contribution < 1.29 is 4.74 Å². The van der Waals surface area contributed by atoms with E-state index in [0.717, 1.165) is 10.7 Å². The van der Waals surface area contributed by atoms with Gasteiger partial charge in [-0.3, -0.25) is 0 Å². The van der Waals surface area contributed by atoms with Gasteiger partial charge in [-0.15, -0.1) is 0 Å². The number of benzene rings is 1. The fourth-order valence-corrected chi connectivity index (χ4v) is 2.31. The maximum Gasteiger partial charge on any atom is 0.220 e. The van der Waals surface area contributed by atoms with Gasteiger partial charge in [0.1, 0.15) is 0 Å². The summed E-state index contributed by atoms with van der Waals surface area (Å²) in [6.45, 7) is 3.90. The lowest BCUT2D eigenvalue weighted by molar-refractivity contribution is 0.243. The predicted molar refractivity (Wildman–Crippen MR) is 83.9 cm³/mol. The van der Waals surface area contributed by atoms with Crippen molar-refractivity contribution in [2.45, 2.75) is 20.0 Å². The molecule has 0 aliphatic heterocycles. The van der Waals surface area contributed by atoms with Crippen molar-refractivity contribution in [3.8, 4) is 0 Å². The van der Waals surface area contributed by atoms with Crippen LogP contribution in [-0.4, -0.2) is 21.2 Å². The molecule has 0 saturated carbocycles. The van der Waals surface area contributed by atoms with Crippen LogP contribution in [0.2, 0.25) is 0 Å². The highest BCUT2D eigenvalue weighted by molar-refractivity contribution is 8.23. The van der Waals surface area contributed by atoms with Gasteiger partial charge >= 0.3 is 0 Å². The van der Waals surface area contributed by atoms with Gasteiger partial charge in [0.05, 0.1) is 16.8 Å². The van der Waals surface area contributed by atoms with Gasteiger partial charge in [0, 0.05) is 5.69 Å². The minimum atomic E-state index is 0.116. The Morgan fingerprint density at radius 3 is 2.53 bits per heavy atom. The average Bonchev–Trinajstić information content (AvgIpc) is 2.27. The number of thiocarbonyl (C=S) groups is 2. The summed E-state index contributed by atoms with van der Waals surface area (Å²) >= 11 is 11.7. The molecule has 2 nitrogen and oxygen atoms in total. The number of thioether (sulfide) groups is 1. The summed E-state index contributed by atoms with van der Waals surface area (Å²) in [5.74, 6) is 0.635. The Labute approximate surface area is 117 Å². The van der Waals surface area contributed by atoms with Gasteiger partial charge in [-0.25, -0.2) is 0 Å². The van der Waals surface area contributed by atoms with Gasteiger partial charge in [-0.1, -0.05) is 42.2 Å². The molecule has 1 aromatic carbocycles. The van der Waals surface area contributed by atoms with Crippen LogP contribution in [0.3, 0.4) is 0 Å². The molecule has 17 heavy (non-hydrogen) atoms. The molecule has 0 saturated heterocycles. The van der Waals surface area contributed by atoms with Crippen molar-refractivity contribution in [2.75, 3.05) is 11.1 Å². The van der Waals surface area contributed by atoms with Crippen LogP contribution in [-0.2, 0) is 4.74 Å². The lowest BCUT2D eigenvalue weighted by atomic mass is 10.3. The molecule has 1 rings (SSSR count). The number of anilines is 1. The number of nitrogens with one attached hydrogen (secondary N) is 1. The van der Waals surface area contributed by atoms with Crippen LogP contribution in [0.25, 0.3) is 0 Å². The summed E-state index contributed by atoms with van der Waals surface area (Å²) in [4.78, 5) is 0.746. The zero-order valence-electron chi connectivity index (χ0n) is 9.80. The monoisotopic (exact) mass is 285 g/mol. The third kappa shape index (κ3) is 6.61. The number of hydrogen-bond donors (Lipinski definition) is 1. The van der Waals surface area contributed by atoms with Crippen molar-refractivity contribution >= 4 is 51.3 Å². The molecule has 5 heteroatoms. The van der Waals surface area contributed by atoms with Gasteiger partial charge in [0.2, 0.25) is 4.38 Å². The van der Waals surface area contributed by atoms with Crippen molar-refractivity contribution in [3.63, 3.8) is 0 Å². The first-order chi connectivity index (χ1) is 8.08. The van der Waals surface area contributed by atoms with Gasteiger partial charge in [0.15, 0.2) is 0 Å². The van der Waals surface area contributed by atoms with Crippen LogP contribution < -0.4 is 5.32 Å². The zero-order chi connectivity index (χ0) is 12.7. The Hall–Kier alpha value is -0.650. The van der Waals surface area contributed by atoms with E-state index in [1.54, 1.807) is 0 Å². The molecule has 0 spiro atoms. The molecule has 0 aliphatic carbocycles. The average molecular weight is 285 g/mol. The smallest absolute Gasteiger partial charge is 0.220 e. The van der Waals surface area contributed by atoms with Gasteiger partial charge in [-0.05, 0) is 38.2 Å². The Morgan fingerprint density at radius 2 is 1.94 bits per heavy atom. The highest BCUT2D eigenvalue weighted by Gasteiger charge is 2.04. The number of hydrogen-bond acceptors (Lipinski definition) is 4. The van der Waals surface area contributed by atoms with Gasteiger partial charge in [-0.2, -0.15) is 0 Å². The second-order valence-electron chi connectivity index (χ2n) is 3.62. The fraction of sp³-hybridized carbons (Fsp3) is 0.333. The lowest BCUT2D eigenvalue weighted by Crippen LogP contribution is -2.14. The van der Waals surface area contributed by atoms with E-state index < -0.39 is 0 Å². The van der Waals surface area contributed by atoms with Crippen LogP contribution in [0.4, 0.5) is 5.69 Å². The van der Waals surface area contributed by atoms with Crippen molar-refractivity contribution in [3.05, 3.63) is 30.3 Å². The van der Waals surface area contributed by atoms with Crippen molar-refractivity contribution in [1.29, 1.82) is 0 Å². The Balaban J connectivity index is 2.29. The van der Waals surface area contributed by atoms with E-state index in [1.807, 2.05) is 44.2 Å². The lowest BCUT2D eigenvalue weighted by Gasteiger charge is -2.11. The number of rotatable bonds is 4. The minimum absolute atomic E-state index is 0.116. The van der Waals surface area contributed by atoms with Crippen molar-refractivity contribution in [1.82, 2.24) is 0 Å². The second-order valence-corrected chi connectivity index (χ2v) is 5.69. The van der Waals surface area contributed by atoms with Gasteiger partial charge in [0.25, 0.3) is 0 Å². The molecule has 0 unspecified atom stereocenters. The largest absolute Gasteiger partial charge is 0.476 e. The van der Waals surface area contributed by atoms with Crippen LogP contribution in [0, 0.1) is 0 Å². The van der Waals surface area contributed by atoms with Crippen LogP contribution >= 0.6 is 36.2 Å². The standard InChI is InChI=1S/C12H15NOS3/c1-9(2)14-12(16)17-8-11(15)13-10-6-4-3-5-7-10/h3-7,9H,8H2,1-2H3,(H,13,15). The first-order valence-electron chi connectivity index (χ1n) is 5.26. The molecule has 0 amide bonds. The van der Waals surface area contributed by atoms with E-state index in [1.165, 1.54) is 11.8 Å². The van der Waals surface area contributed by atoms with Gasteiger partial charge < -0.3 is 10.1 Å². The molecule has 0 bridgehead atoms. The first-order valence-corrected chi connectivity index (χ1v) is 7.06. The zero-order valence-corrected chi connectivity index (χ0v) is 12.3. The molecule has 0 aromatic heterocycles. The molecule has 0 radical (unpaired) electrons. The third-order valence-corrected chi connectivity index (χ3v) is 3.35. The van der Waals surface area contributed by atoms with Crippen molar-refractivity contribution in [2.24, 2.45) is 0 Å². The SMILES string of the molecule is CC(C)OC(=S)SCC(=S)Nc1ccccc1. The van der Waals surface area contributed by atoms with E-state index in [9.17, 15) is 0 Å². The molecule has 0 atom stereocenters. The number of para-hydroxylation sites is 1.